The molecule has 7 heteroatoms. The van der Waals surface area contributed by atoms with Gasteiger partial charge in [0.25, 0.3) is 0 Å². The van der Waals surface area contributed by atoms with E-state index in [1.54, 1.807) is 0 Å². The van der Waals surface area contributed by atoms with E-state index < -0.39 is 23.5 Å². The van der Waals surface area contributed by atoms with Gasteiger partial charge in [0.2, 0.25) is 5.83 Å². The van der Waals surface area contributed by atoms with E-state index >= 15 is 0 Å². The number of alkyl halides is 3. The maximum Gasteiger partial charge on any atom is 0.420 e. The highest BCUT2D eigenvalue weighted by atomic mass is 32.1. The topological polar surface area (TPSA) is 26.3 Å². The third-order valence-electron chi connectivity index (χ3n) is 1.73. The SMILES string of the molecule is CCOC(=O)/C(F)=C(\c1cccs1)C(F)(F)F. The molecular weight excluding hydrogens is 260 g/mol. The van der Waals surface area contributed by atoms with Crippen LogP contribution in [0.4, 0.5) is 17.6 Å². The predicted octanol–water partition coefficient (Wildman–Crippen LogP) is 3.55. The van der Waals surface area contributed by atoms with Crippen LogP contribution in [0.5, 0.6) is 0 Å². The highest BCUT2D eigenvalue weighted by molar-refractivity contribution is 7.11. The number of ether oxygens (including phenoxy) is 1. The van der Waals surface area contributed by atoms with Crippen molar-refractivity contribution in [2.24, 2.45) is 0 Å². The van der Waals surface area contributed by atoms with Gasteiger partial charge in [0.15, 0.2) is 0 Å². The molecule has 0 bridgehead atoms. The quantitative estimate of drug-likeness (QED) is 0.476. The molecule has 0 aromatic carbocycles. The lowest BCUT2D eigenvalue weighted by atomic mass is 10.2. The summed E-state index contributed by atoms with van der Waals surface area (Å²) in [5.74, 6) is -3.52. The Morgan fingerprint density at radius 2 is 2.12 bits per heavy atom. The van der Waals surface area contributed by atoms with Crippen molar-refractivity contribution in [3.8, 4) is 0 Å². The molecule has 0 atom stereocenters. The van der Waals surface area contributed by atoms with Crippen LogP contribution in [0, 0.1) is 0 Å². The number of carbonyl (C=O) groups is 1. The maximum atomic E-state index is 13.4. The Kier molecular flexibility index (Phi) is 4.28. The fourth-order valence-corrected chi connectivity index (χ4v) is 1.87. The smallest absolute Gasteiger partial charge is 0.420 e. The number of carbonyl (C=O) groups excluding carboxylic acids is 1. The molecule has 0 unspecified atom stereocenters. The summed E-state index contributed by atoms with van der Waals surface area (Å²) >= 11 is 0.696. The average molecular weight is 268 g/mol. The highest BCUT2D eigenvalue weighted by Gasteiger charge is 2.41. The van der Waals surface area contributed by atoms with Gasteiger partial charge < -0.3 is 4.74 Å². The number of rotatable bonds is 3. The van der Waals surface area contributed by atoms with Crippen LogP contribution in [0.2, 0.25) is 0 Å². The van der Waals surface area contributed by atoms with Gasteiger partial charge >= 0.3 is 12.1 Å². The molecule has 0 saturated heterocycles. The minimum absolute atomic E-state index is 0.193. The fraction of sp³-hybridized carbons (Fsp3) is 0.300. The monoisotopic (exact) mass is 268 g/mol. The Morgan fingerprint density at radius 3 is 2.53 bits per heavy atom. The third kappa shape index (κ3) is 3.29. The summed E-state index contributed by atoms with van der Waals surface area (Å²) in [6.07, 6.45) is -4.94. The summed E-state index contributed by atoms with van der Waals surface area (Å²) in [5.41, 5.74) is -1.59. The van der Waals surface area contributed by atoms with Crippen LogP contribution in [-0.4, -0.2) is 18.8 Å². The second-order valence-corrected chi connectivity index (χ2v) is 3.83. The van der Waals surface area contributed by atoms with Gasteiger partial charge in [0.1, 0.15) is 5.57 Å². The molecule has 0 aliphatic heterocycles. The van der Waals surface area contributed by atoms with Crippen LogP contribution in [0.1, 0.15) is 11.8 Å². The van der Waals surface area contributed by atoms with Crippen molar-refractivity contribution < 1.29 is 27.1 Å². The van der Waals surface area contributed by atoms with Crippen molar-refractivity contribution in [3.05, 3.63) is 28.2 Å². The summed E-state index contributed by atoms with van der Waals surface area (Å²) in [6.45, 7) is 1.19. The normalized spacial score (nSPS) is 13.2. The lowest BCUT2D eigenvalue weighted by molar-refractivity contribution is -0.140. The minimum atomic E-state index is -4.94. The van der Waals surface area contributed by atoms with Gasteiger partial charge in [-0.15, -0.1) is 11.3 Å². The molecular formula is C10H8F4O2S. The second-order valence-electron chi connectivity index (χ2n) is 2.88. The minimum Gasteiger partial charge on any atom is -0.461 e. The molecule has 1 aromatic rings. The molecule has 0 spiro atoms. The molecule has 0 N–H and O–H groups in total. The van der Waals surface area contributed by atoms with E-state index in [0.717, 1.165) is 6.07 Å². The van der Waals surface area contributed by atoms with Crippen molar-refractivity contribution >= 4 is 22.9 Å². The van der Waals surface area contributed by atoms with Crippen LogP contribution < -0.4 is 0 Å². The molecule has 0 saturated carbocycles. The number of allylic oxidation sites excluding steroid dienone is 1. The van der Waals surface area contributed by atoms with E-state index in [9.17, 15) is 22.4 Å². The van der Waals surface area contributed by atoms with Gasteiger partial charge in [0.05, 0.1) is 6.61 Å². The molecule has 0 aliphatic rings. The average Bonchev–Trinajstić information content (AvgIpc) is 2.69. The zero-order valence-electron chi connectivity index (χ0n) is 8.68. The molecule has 1 heterocycles. The Labute approximate surface area is 98.5 Å². The summed E-state index contributed by atoms with van der Waals surface area (Å²) in [4.78, 5) is 10.6. The van der Waals surface area contributed by atoms with Gasteiger partial charge in [-0.05, 0) is 18.4 Å². The fourth-order valence-electron chi connectivity index (χ4n) is 1.09. The van der Waals surface area contributed by atoms with Crippen molar-refractivity contribution in [1.82, 2.24) is 0 Å². The zero-order chi connectivity index (χ0) is 13.1. The Morgan fingerprint density at radius 1 is 1.47 bits per heavy atom. The summed E-state index contributed by atoms with van der Waals surface area (Å²) in [5, 5.41) is 1.36. The summed E-state index contributed by atoms with van der Waals surface area (Å²) in [6, 6.07) is 2.43. The number of hydrogen-bond donors (Lipinski definition) is 0. The Bertz CT molecular complexity index is 420. The maximum absolute atomic E-state index is 13.4. The second kappa shape index (κ2) is 5.31. The van der Waals surface area contributed by atoms with E-state index in [2.05, 4.69) is 4.74 Å². The van der Waals surface area contributed by atoms with Gasteiger partial charge in [-0.1, -0.05) is 6.07 Å². The first-order chi connectivity index (χ1) is 7.88. The standard InChI is InChI=1S/C10H8F4O2S/c1-2-16-9(15)8(11)7(10(12,13)14)6-4-3-5-17-6/h3-5H,2H2,1H3/b8-7-. The lowest BCUT2D eigenvalue weighted by Gasteiger charge is -2.11. The van der Waals surface area contributed by atoms with E-state index in [0.29, 0.717) is 11.3 Å². The van der Waals surface area contributed by atoms with Crippen LogP contribution in [0.3, 0.4) is 0 Å². The van der Waals surface area contributed by atoms with Crippen molar-refractivity contribution in [1.29, 1.82) is 0 Å². The Hall–Kier alpha value is -1.37. The summed E-state index contributed by atoms with van der Waals surface area (Å²) in [7, 11) is 0. The zero-order valence-corrected chi connectivity index (χ0v) is 9.49. The highest BCUT2D eigenvalue weighted by Crippen LogP contribution is 2.39. The first kappa shape index (κ1) is 13.7. The van der Waals surface area contributed by atoms with Gasteiger partial charge in [-0.25, -0.2) is 4.79 Å². The van der Waals surface area contributed by atoms with Crippen LogP contribution >= 0.6 is 11.3 Å². The van der Waals surface area contributed by atoms with E-state index in [4.69, 9.17) is 0 Å². The van der Waals surface area contributed by atoms with Crippen LogP contribution in [0.25, 0.3) is 5.57 Å². The first-order valence-electron chi connectivity index (χ1n) is 4.56. The molecule has 1 aromatic heterocycles. The third-order valence-corrected chi connectivity index (χ3v) is 2.61. The number of halogens is 4. The predicted molar refractivity (Wildman–Crippen MR) is 55.0 cm³/mol. The molecule has 94 valence electrons. The Balaban J connectivity index is 3.24. The molecule has 17 heavy (non-hydrogen) atoms. The van der Waals surface area contributed by atoms with Gasteiger partial charge in [-0.3, -0.25) is 0 Å². The van der Waals surface area contributed by atoms with Crippen molar-refractivity contribution in [2.45, 2.75) is 13.1 Å². The van der Waals surface area contributed by atoms with E-state index in [-0.39, 0.29) is 11.5 Å². The summed E-state index contributed by atoms with van der Waals surface area (Å²) < 4.78 is 55.5. The molecule has 2 nitrogen and oxygen atoms in total. The van der Waals surface area contributed by atoms with Crippen LogP contribution in [-0.2, 0) is 9.53 Å². The molecule has 0 fully saturated rings. The first-order valence-corrected chi connectivity index (χ1v) is 5.43. The van der Waals surface area contributed by atoms with Gasteiger partial charge in [-0.2, -0.15) is 17.6 Å². The largest absolute Gasteiger partial charge is 0.461 e. The van der Waals surface area contributed by atoms with Crippen LogP contribution in [0.15, 0.2) is 23.3 Å². The van der Waals surface area contributed by atoms with Crippen molar-refractivity contribution in [3.63, 3.8) is 0 Å². The lowest BCUT2D eigenvalue weighted by Crippen LogP contribution is -2.16. The van der Waals surface area contributed by atoms with Crippen molar-refractivity contribution in [2.75, 3.05) is 6.61 Å². The van der Waals surface area contributed by atoms with E-state index in [1.807, 2.05) is 0 Å². The number of thiophene rings is 1. The van der Waals surface area contributed by atoms with Gasteiger partial charge in [0, 0.05) is 4.88 Å². The number of hydrogen-bond acceptors (Lipinski definition) is 3. The van der Waals surface area contributed by atoms with E-state index in [1.165, 1.54) is 18.4 Å². The molecule has 1 rings (SSSR count). The molecule has 0 amide bonds. The molecule has 0 radical (unpaired) electrons. The molecule has 0 aliphatic carbocycles. The number of esters is 1.